The van der Waals surface area contributed by atoms with Gasteiger partial charge in [0.15, 0.2) is 5.82 Å². The number of phenols is 1. The molecular formula is C25H23N5O5. The van der Waals surface area contributed by atoms with Crippen LogP contribution in [0.5, 0.6) is 17.2 Å². The largest absolute Gasteiger partial charge is 0.507 e. The number of benzene rings is 2. The lowest BCUT2D eigenvalue weighted by Crippen LogP contribution is -2.24. The summed E-state index contributed by atoms with van der Waals surface area (Å²) >= 11 is 0. The van der Waals surface area contributed by atoms with Crippen molar-refractivity contribution in [1.29, 1.82) is 0 Å². The molecular weight excluding hydrogens is 450 g/mol. The van der Waals surface area contributed by atoms with Gasteiger partial charge in [0.2, 0.25) is 0 Å². The molecule has 10 heteroatoms. The van der Waals surface area contributed by atoms with Gasteiger partial charge in [-0.2, -0.15) is 5.10 Å². The molecule has 0 saturated heterocycles. The lowest BCUT2D eigenvalue weighted by Gasteiger charge is -2.12. The standard InChI is InChI=1S/C25H23N5O5/c1-34-19-11-17(12-20(14-19)35-2)24(32)29-18-6-7-22(31)21(13-18)25(33)27-15-16-5-3-8-26-23(16)30-10-4-9-28-30/h3-14,31H,15H2,1-2H3,(H,27,33)(H,29,32). The Labute approximate surface area is 201 Å². The third-order valence-corrected chi connectivity index (χ3v) is 5.14. The van der Waals surface area contributed by atoms with Gasteiger partial charge in [0, 0.05) is 48.0 Å². The highest BCUT2D eigenvalue weighted by Gasteiger charge is 2.16. The molecule has 2 aromatic carbocycles. The second kappa shape index (κ2) is 10.4. The number of aromatic nitrogens is 3. The highest BCUT2D eigenvalue weighted by atomic mass is 16.5. The van der Waals surface area contributed by atoms with Gasteiger partial charge >= 0.3 is 0 Å². The van der Waals surface area contributed by atoms with E-state index in [0.29, 0.717) is 28.6 Å². The number of methoxy groups -OCH3 is 2. The van der Waals surface area contributed by atoms with Crippen molar-refractivity contribution in [3.63, 3.8) is 0 Å². The molecule has 0 bridgehead atoms. The topological polar surface area (TPSA) is 128 Å². The summed E-state index contributed by atoms with van der Waals surface area (Å²) in [5.74, 6) is 0.337. The molecule has 178 valence electrons. The Bertz CT molecular complexity index is 1330. The van der Waals surface area contributed by atoms with Crippen molar-refractivity contribution in [3.8, 4) is 23.1 Å². The third kappa shape index (κ3) is 5.38. The number of phenolic OH excluding ortho intramolecular Hbond substituents is 1. The number of carbonyl (C=O) groups is 2. The summed E-state index contributed by atoms with van der Waals surface area (Å²) < 4.78 is 12.0. The molecule has 0 saturated carbocycles. The fourth-order valence-electron chi connectivity index (χ4n) is 3.38. The number of amides is 2. The highest BCUT2D eigenvalue weighted by Crippen LogP contribution is 2.25. The molecule has 3 N–H and O–H groups in total. The van der Waals surface area contributed by atoms with Crippen LogP contribution in [-0.2, 0) is 6.54 Å². The maximum atomic E-state index is 12.9. The molecule has 0 spiro atoms. The van der Waals surface area contributed by atoms with Crippen molar-refractivity contribution in [3.05, 3.63) is 89.9 Å². The monoisotopic (exact) mass is 473 g/mol. The normalized spacial score (nSPS) is 10.5. The van der Waals surface area contributed by atoms with Crippen LogP contribution in [0.3, 0.4) is 0 Å². The first-order chi connectivity index (χ1) is 17.0. The van der Waals surface area contributed by atoms with Crippen LogP contribution in [-0.4, -0.2) is 45.9 Å². The van der Waals surface area contributed by atoms with Crippen LogP contribution >= 0.6 is 0 Å². The van der Waals surface area contributed by atoms with Crippen molar-refractivity contribution >= 4 is 17.5 Å². The van der Waals surface area contributed by atoms with Crippen LogP contribution in [0.4, 0.5) is 5.69 Å². The molecule has 0 aliphatic heterocycles. The second-order valence-electron chi connectivity index (χ2n) is 7.41. The number of nitrogens with one attached hydrogen (secondary N) is 2. The minimum Gasteiger partial charge on any atom is -0.507 e. The van der Waals surface area contributed by atoms with E-state index in [4.69, 9.17) is 9.47 Å². The summed E-state index contributed by atoms with van der Waals surface area (Å²) in [6.07, 6.45) is 5.03. The fraction of sp³-hybridized carbons (Fsp3) is 0.120. The predicted molar refractivity (Wildman–Crippen MR) is 128 cm³/mol. The Morgan fingerprint density at radius 3 is 2.43 bits per heavy atom. The van der Waals surface area contributed by atoms with E-state index in [2.05, 4.69) is 20.7 Å². The first-order valence-electron chi connectivity index (χ1n) is 10.6. The number of hydrogen-bond donors (Lipinski definition) is 3. The van der Waals surface area contributed by atoms with Crippen LogP contribution in [0.2, 0.25) is 0 Å². The maximum Gasteiger partial charge on any atom is 0.255 e. The summed E-state index contributed by atoms with van der Waals surface area (Å²) in [4.78, 5) is 30.0. The first-order valence-corrected chi connectivity index (χ1v) is 10.6. The zero-order chi connectivity index (χ0) is 24.8. The Morgan fingerprint density at radius 2 is 1.74 bits per heavy atom. The van der Waals surface area contributed by atoms with Crippen LogP contribution in [0.15, 0.2) is 73.2 Å². The minimum atomic E-state index is -0.517. The van der Waals surface area contributed by atoms with Gasteiger partial charge in [0.25, 0.3) is 11.8 Å². The molecule has 0 aliphatic rings. The van der Waals surface area contributed by atoms with Crippen molar-refractivity contribution < 1.29 is 24.2 Å². The Morgan fingerprint density at radius 1 is 0.971 bits per heavy atom. The molecule has 2 amide bonds. The van der Waals surface area contributed by atoms with Gasteiger partial charge in [-0.25, -0.2) is 9.67 Å². The van der Waals surface area contributed by atoms with Crippen molar-refractivity contribution in [1.82, 2.24) is 20.1 Å². The van der Waals surface area contributed by atoms with Crippen LogP contribution in [0, 0.1) is 0 Å². The number of pyridine rings is 1. The number of anilines is 1. The molecule has 2 heterocycles. The minimum absolute atomic E-state index is 0.00977. The van der Waals surface area contributed by atoms with E-state index in [1.165, 1.54) is 32.4 Å². The lowest BCUT2D eigenvalue weighted by molar-refractivity contribution is 0.0946. The summed E-state index contributed by atoms with van der Waals surface area (Å²) in [7, 11) is 2.98. The summed E-state index contributed by atoms with van der Waals surface area (Å²) in [6.45, 7) is 0.154. The van der Waals surface area contributed by atoms with E-state index >= 15 is 0 Å². The molecule has 2 aromatic heterocycles. The molecule has 0 radical (unpaired) electrons. The molecule has 4 aromatic rings. The number of hydrogen-bond acceptors (Lipinski definition) is 7. The second-order valence-corrected chi connectivity index (χ2v) is 7.41. The maximum absolute atomic E-state index is 12.9. The van der Waals surface area contributed by atoms with E-state index < -0.39 is 11.8 Å². The molecule has 4 rings (SSSR count). The zero-order valence-electron chi connectivity index (χ0n) is 19.1. The summed E-state index contributed by atoms with van der Waals surface area (Å²) in [5, 5.41) is 19.9. The fourth-order valence-corrected chi connectivity index (χ4v) is 3.38. The van der Waals surface area contributed by atoms with Gasteiger partial charge in [-0.05, 0) is 42.5 Å². The van der Waals surface area contributed by atoms with Gasteiger partial charge in [-0.3, -0.25) is 9.59 Å². The molecule has 0 aliphatic carbocycles. The zero-order valence-corrected chi connectivity index (χ0v) is 19.1. The van der Waals surface area contributed by atoms with Crippen molar-refractivity contribution in [2.75, 3.05) is 19.5 Å². The Hall–Kier alpha value is -4.86. The van der Waals surface area contributed by atoms with E-state index in [1.807, 2.05) is 6.07 Å². The summed E-state index contributed by atoms with van der Waals surface area (Å²) in [5.41, 5.74) is 1.39. The van der Waals surface area contributed by atoms with E-state index in [9.17, 15) is 14.7 Å². The van der Waals surface area contributed by atoms with Crippen LogP contribution in [0.1, 0.15) is 26.3 Å². The Balaban J connectivity index is 1.49. The number of carbonyl (C=O) groups excluding carboxylic acids is 2. The SMILES string of the molecule is COc1cc(OC)cc(C(=O)Nc2ccc(O)c(C(=O)NCc3cccnc3-n3cccn3)c2)c1. The molecule has 35 heavy (non-hydrogen) atoms. The number of nitrogens with zero attached hydrogens (tertiary/aromatic N) is 3. The van der Waals surface area contributed by atoms with E-state index in [1.54, 1.807) is 53.6 Å². The van der Waals surface area contributed by atoms with Crippen LogP contribution < -0.4 is 20.1 Å². The van der Waals surface area contributed by atoms with E-state index in [0.717, 1.165) is 5.56 Å². The van der Waals surface area contributed by atoms with Gasteiger partial charge in [0.05, 0.1) is 19.8 Å². The number of ether oxygens (including phenoxy) is 2. The molecule has 0 atom stereocenters. The van der Waals surface area contributed by atoms with Gasteiger partial charge in [-0.1, -0.05) is 6.07 Å². The van der Waals surface area contributed by atoms with Gasteiger partial charge < -0.3 is 25.2 Å². The van der Waals surface area contributed by atoms with Gasteiger partial charge in [-0.15, -0.1) is 0 Å². The van der Waals surface area contributed by atoms with E-state index in [-0.39, 0.29) is 17.9 Å². The summed E-state index contributed by atoms with van der Waals surface area (Å²) in [6, 6.07) is 14.4. The number of rotatable bonds is 8. The third-order valence-electron chi connectivity index (χ3n) is 5.14. The van der Waals surface area contributed by atoms with Crippen molar-refractivity contribution in [2.24, 2.45) is 0 Å². The quantitative estimate of drug-likeness (QED) is 0.335. The van der Waals surface area contributed by atoms with Crippen LogP contribution in [0.25, 0.3) is 5.82 Å². The highest BCUT2D eigenvalue weighted by molar-refractivity contribution is 6.06. The Kier molecular flexibility index (Phi) is 6.91. The number of aromatic hydroxyl groups is 1. The van der Waals surface area contributed by atoms with Gasteiger partial charge in [0.1, 0.15) is 17.2 Å². The molecule has 0 unspecified atom stereocenters. The average Bonchev–Trinajstić information content (AvgIpc) is 3.43. The van der Waals surface area contributed by atoms with Crippen molar-refractivity contribution in [2.45, 2.75) is 6.54 Å². The predicted octanol–water partition coefficient (Wildman–Crippen LogP) is 3.17. The molecule has 10 nitrogen and oxygen atoms in total. The first kappa shape index (κ1) is 23.3. The molecule has 0 fully saturated rings. The lowest BCUT2D eigenvalue weighted by atomic mass is 10.1. The smallest absolute Gasteiger partial charge is 0.255 e. The average molecular weight is 473 g/mol.